The number of aliphatic hydroxyl groups excluding tert-OH is 1. The highest BCUT2D eigenvalue weighted by molar-refractivity contribution is 5.93. The quantitative estimate of drug-likeness (QED) is 0.313. The first-order valence-corrected chi connectivity index (χ1v) is 9.48. The van der Waals surface area contributed by atoms with Crippen molar-refractivity contribution in [1.29, 1.82) is 0 Å². The van der Waals surface area contributed by atoms with Gasteiger partial charge in [0.2, 0.25) is 0 Å². The predicted octanol–water partition coefficient (Wildman–Crippen LogP) is 2.33. The maximum absolute atomic E-state index is 12.0. The first kappa shape index (κ1) is 23.6. The van der Waals surface area contributed by atoms with E-state index in [0.29, 0.717) is 6.42 Å². The summed E-state index contributed by atoms with van der Waals surface area (Å²) in [5.74, 6) is -2.83. The van der Waals surface area contributed by atoms with Crippen molar-refractivity contribution in [2.75, 3.05) is 26.4 Å². The fourth-order valence-corrected chi connectivity index (χ4v) is 2.36. The molecule has 2 rings (SSSR count). The molecule has 0 heterocycles. The number of esters is 3. The van der Waals surface area contributed by atoms with Crippen molar-refractivity contribution < 1.29 is 43.6 Å². The average molecular weight is 430 g/mol. The summed E-state index contributed by atoms with van der Waals surface area (Å²) in [7, 11) is 0. The van der Waals surface area contributed by atoms with E-state index in [0.717, 1.165) is 0 Å². The third-order valence-corrected chi connectivity index (χ3v) is 4.01. The highest BCUT2D eigenvalue weighted by Gasteiger charge is 2.12. The summed E-state index contributed by atoms with van der Waals surface area (Å²) in [5, 5.41) is 17.5. The molecule has 31 heavy (non-hydrogen) atoms. The fraction of sp³-hybridized carbons (Fsp3) is 0.273. The highest BCUT2D eigenvalue weighted by Crippen LogP contribution is 2.09. The van der Waals surface area contributed by atoms with Gasteiger partial charge in [-0.05, 0) is 48.5 Å². The van der Waals surface area contributed by atoms with Crippen LogP contribution in [0.3, 0.4) is 0 Å². The van der Waals surface area contributed by atoms with Crippen molar-refractivity contribution >= 4 is 23.9 Å². The molecule has 0 saturated carbocycles. The monoisotopic (exact) mass is 430 g/mol. The maximum Gasteiger partial charge on any atom is 0.338 e. The smallest absolute Gasteiger partial charge is 0.338 e. The minimum Gasteiger partial charge on any atom is -0.478 e. The van der Waals surface area contributed by atoms with Gasteiger partial charge in [-0.2, -0.15) is 0 Å². The summed E-state index contributed by atoms with van der Waals surface area (Å²) in [6.07, 6.45) is 0.627. The Balaban J connectivity index is 1.70. The number of carbonyl (C=O) groups is 4. The number of hydrogen-bond donors (Lipinski definition) is 2. The lowest BCUT2D eigenvalue weighted by molar-refractivity contribution is 0.0392. The van der Waals surface area contributed by atoms with Gasteiger partial charge in [0.1, 0.15) is 0 Å². The number of carboxylic acids is 1. The lowest BCUT2D eigenvalue weighted by atomic mass is 10.1. The Morgan fingerprint density at radius 3 is 1.23 bits per heavy atom. The van der Waals surface area contributed by atoms with E-state index in [1.54, 1.807) is 0 Å². The molecule has 0 fully saturated rings. The SMILES string of the molecule is O=C(O)c1ccc(C(=O)OCCCOC(=O)c2ccc(C(=O)OCCCO)cc2)cc1. The number of aliphatic hydroxyl groups is 1. The number of rotatable bonds is 11. The zero-order valence-electron chi connectivity index (χ0n) is 16.6. The van der Waals surface area contributed by atoms with Crippen molar-refractivity contribution in [1.82, 2.24) is 0 Å². The van der Waals surface area contributed by atoms with Crippen molar-refractivity contribution in [2.24, 2.45) is 0 Å². The van der Waals surface area contributed by atoms with E-state index >= 15 is 0 Å². The molecule has 9 heteroatoms. The molecule has 9 nitrogen and oxygen atoms in total. The molecule has 0 unspecified atom stereocenters. The molecule has 164 valence electrons. The second-order valence-electron chi connectivity index (χ2n) is 6.30. The number of hydrogen-bond acceptors (Lipinski definition) is 8. The summed E-state index contributed by atoms with van der Waals surface area (Å²) in [6, 6.07) is 11.1. The Morgan fingerprint density at radius 1 is 0.581 bits per heavy atom. The summed E-state index contributed by atoms with van der Waals surface area (Å²) in [6.45, 7) is 0.0783. The topological polar surface area (TPSA) is 136 Å². The van der Waals surface area contributed by atoms with E-state index in [2.05, 4.69) is 0 Å². The Hall–Kier alpha value is -3.72. The molecule has 0 bridgehead atoms. The minimum atomic E-state index is -1.09. The first-order chi connectivity index (χ1) is 14.9. The third-order valence-electron chi connectivity index (χ3n) is 4.01. The molecule has 0 aliphatic heterocycles. The van der Waals surface area contributed by atoms with Crippen LogP contribution in [0, 0.1) is 0 Å². The van der Waals surface area contributed by atoms with Crippen LogP contribution >= 0.6 is 0 Å². The van der Waals surface area contributed by atoms with Crippen LogP contribution in [0.2, 0.25) is 0 Å². The van der Waals surface area contributed by atoms with Gasteiger partial charge in [-0.3, -0.25) is 0 Å². The van der Waals surface area contributed by atoms with E-state index < -0.39 is 23.9 Å². The summed E-state index contributed by atoms with van der Waals surface area (Å²) < 4.78 is 15.1. The van der Waals surface area contributed by atoms with Crippen LogP contribution in [0.25, 0.3) is 0 Å². The van der Waals surface area contributed by atoms with Crippen molar-refractivity contribution in [3.8, 4) is 0 Å². The van der Waals surface area contributed by atoms with Crippen LogP contribution < -0.4 is 0 Å². The number of benzene rings is 2. The first-order valence-electron chi connectivity index (χ1n) is 9.48. The molecule has 0 aliphatic rings. The molecule has 0 saturated heterocycles. The van der Waals surface area contributed by atoms with Gasteiger partial charge in [-0.25, -0.2) is 19.2 Å². The van der Waals surface area contributed by atoms with Gasteiger partial charge in [-0.1, -0.05) is 0 Å². The molecule has 2 aromatic rings. The molecule has 0 atom stereocenters. The number of aromatic carboxylic acids is 1. The normalized spacial score (nSPS) is 10.2. The zero-order valence-corrected chi connectivity index (χ0v) is 16.6. The van der Waals surface area contributed by atoms with Gasteiger partial charge in [0, 0.05) is 19.4 Å². The predicted molar refractivity (Wildman–Crippen MR) is 107 cm³/mol. The van der Waals surface area contributed by atoms with Crippen molar-refractivity contribution in [2.45, 2.75) is 12.8 Å². The highest BCUT2D eigenvalue weighted by atomic mass is 16.5. The van der Waals surface area contributed by atoms with Gasteiger partial charge in [0.05, 0.1) is 42.1 Å². The minimum absolute atomic E-state index is 0.0193. The van der Waals surface area contributed by atoms with Crippen LogP contribution in [0.15, 0.2) is 48.5 Å². The second-order valence-corrected chi connectivity index (χ2v) is 6.30. The molecule has 0 aliphatic carbocycles. The molecule has 0 spiro atoms. The van der Waals surface area contributed by atoms with Crippen LogP contribution in [0.5, 0.6) is 0 Å². The molecular formula is C22H22O9. The largest absolute Gasteiger partial charge is 0.478 e. The Kier molecular flexibility index (Phi) is 9.18. The standard InChI is InChI=1S/C22H22O9/c23-11-1-12-29-20(26)17-7-9-18(10-8-17)22(28)31-14-2-13-30-21(27)16-5-3-15(4-6-16)19(24)25/h3-10,23H,1-2,11-14H2,(H,24,25). The fourth-order valence-electron chi connectivity index (χ4n) is 2.36. The van der Waals surface area contributed by atoms with Crippen molar-refractivity contribution in [3.05, 3.63) is 70.8 Å². The average Bonchev–Trinajstić information content (AvgIpc) is 2.78. The van der Waals surface area contributed by atoms with E-state index in [-0.39, 0.29) is 55.1 Å². The third kappa shape index (κ3) is 7.56. The van der Waals surface area contributed by atoms with Crippen LogP contribution in [-0.4, -0.2) is 60.5 Å². The van der Waals surface area contributed by atoms with Crippen molar-refractivity contribution in [3.63, 3.8) is 0 Å². The van der Waals surface area contributed by atoms with E-state index in [1.807, 2.05) is 0 Å². The molecule has 2 N–H and O–H groups in total. The summed E-state index contributed by atoms with van der Waals surface area (Å²) in [5.41, 5.74) is 0.812. The van der Waals surface area contributed by atoms with Crippen LogP contribution in [-0.2, 0) is 14.2 Å². The van der Waals surface area contributed by atoms with Gasteiger partial charge in [0.15, 0.2) is 0 Å². The lowest BCUT2D eigenvalue weighted by Gasteiger charge is -2.07. The van der Waals surface area contributed by atoms with Gasteiger partial charge in [0.25, 0.3) is 0 Å². The Morgan fingerprint density at radius 2 is 0.903 bits per heavy atom. The summed E-state index contributed by atoms with van der Waals surface area (Å²) >= 11 is 0. The number of carboxylic acid groups (broad SMARTS) is 1. The summed E-state index contributed by atoms with van der Waals surface area (Å²) in [4.78, 5) is 46.5. The zero-order chi connectivity index (χ0) is 22.6. The molecule has 2 aromatic carbocycles. The second kappa shape index (κ2) is 12.1. The number of carbonyl (C=O) groups excluding carboxylic acids is 3. The molecule has 0 radical (unpaired) electrons. The molecule has 0 amide bonds. The lowest BCUT2D eigenvalue weighted by Crippen LogP contribution is -2.12. The molecular weight excluding hydrogens is 408 g/mol. The number of ether oxygens (including phenoxy) is 3. The van der Waals surface area contributed by atoms with Gasteiger partial charge < -0.3 is 24.4 Å². The Bertz CT molecular complexity index is 902. The van der Waals surface area contributed by atoms with Gasteiger partial charge in [-0.15, -0.1) is 0 Å². The molecule has 0 aromatic heterocycles. The van der Waals surface area contributed by atoms with Crippen LogP contribution in [0.1, 0.15) is 54.3 Å². The van der Waals surface area contributed by atoms with Crippen LogP contribution in [0.4, 0.5) is 0 Å². The van der Waals surface area contributed by atoms with E-state index in [9.17, 15) is 19.2 Å². The Labute approximate surface area is 178 Å². The van der Waals surface area contributed by atoms with E-state index in [1.165, 1.54) is 48.5 Å². The van der Waals surface area contributed by atoms with Gasteiger partial charge >= 0.3 is 23.9 Å². The van der Waals surface area contributed by atoms with E-state index in [4.69, 9.17) is 24.4 Å². The maximum atomic E-state index is 12.0.